The number of fused-ring (bicyclic) bond motifs is 1. The van der Waals surface area contributed by atoms with Gasteiger partial charge < -0.3 is 5.32 Å². The third-order valence-corrected chi connectivity index (χ3v) is 4.53. The third kappa shape index (κ3) is 3.28. The zero-order valence-electron chi connectivity index (χ0n) is 11.8. The van der Waals surface area contributed by atoms with E-state index in [0.717, 1.165) is 27.7 Å². The quantitative estimate of drug-likeness (QED) is 0.715. The van der Waals surface area contributed by atoms with Crippen LogP contribution in [-0.2, 0) is 12.1 Å². The van der Waals surface area contributed by atoms with E-state index >= 15 is 0 Å². The molecule has 3 rings (SSSR count). The van der Waals surface area contributed by atoms with Crippen LogP contribution in [0.2, 0.25) is 0 Å². The molecule has 0 aliphatic heterocycles. The normalized spacial score (nSPS) is 12.0. The fourth-order valence-corrected chi connectivity index (χ4v) is 2.86. The Bertz CT molecular complexity index is 752. The third-order valence-electron chi connectivity index (χ3n) is 3.50. The monoisotopic (exact) mass is 362 g/mol. The number of rotatable bonds is 4. The van der Waals surface area contributed by atoms with Crippen molar-refractivity contribution in [3.8, 4) is 0 Å². The van der Waals surface area contributed by atoms with Crippen LogP contribution in [-0.4, -0.2) is 13.7 Å². The maximum Gasteiger partial charge on any atom is 0.106 e. The molecular weight excluding hydrogens is 348 g/mol. The van der Waals surface area contributed by atoms with Gasteiger partial charge in [0.25, 0.3) is 0 Å². The number of pyridine rings is 1. The van der Waals surface area contributed by atoms with Crippen LogP contribution in [0.4, 0.5) is 0 Å². The van der Waals surface area contributed by atoms with E-state index in [0.29, 0.717) is 0 Å². The molecule has 2 aromatic heterocycles. The molecule has 0 saturated carbocycles. The second-order valence-electron chi connectivity index (χ2n) is 5.44. The Labute approximate surface area is 136 Å². The fraction of sp³-hybridized carbons (Fsp3) is 0.267. The van der Waals surface area contributed by atoms with Crippen LogP contribution in [0, 0.1) is 0 Å². The first-order valence-electron chi connectivity index (χ1n) is 6.63. The maximum absolute atomic E-state index is 4.29. The van der Waals surface area contributed by atoms with Crippen LogP contribution >= 0.6 is 27.7 Å². The Kier molecular flexibility index (Phi) is 4.01. The van der Waals surface area contributed by atoms with Crippen LogP contribution in [0.25, 0.3) is 11.0 Å². The zero-order chi connectivity index (χ0) is 14.9. The topological polar surface area (TPSA) is 50.7 Å². The van der Waals surface area contributed by atoms with E-state index in [2.05, 4.69) is 67.0 Å². The van der Waals surface area contributed by atoms with Crippen molar-refractivity contribution in [2.45, 2.75) is 25.9 Å². The van der Waals surface area contributed by atoms with Gasteiger partial charge in [-0.05, 0) is 59.1 Å². The molecule has 0 radical (unpaired) electrons. The molecule has 1 N–H and O–H groups in total. The van der Waals surface area contributed by atoms with E-state index in [9.17, 15) is 0 Å². The molecule has 2 heterocycles. The summed E-state index contributed by atoms with van der Waals surface area (Å²) in [6.45, 7) is 5.08. The second-order valence-corrected chi connectivity index (χ2v) is 6.78. The molecule has 0 aliphatic carbocycles. The predicted octanol–water partition coefficient (Wildman–Crippen LogP) is 3.87. The smallest absolute Gasteiger partial charge is 0.106 e. The average molecular weight is 363 g/mol. The molecule has 6 heteroatoms. The standard InChI is InChI=1S/C15H15BrN4S/c1-15(2,11-4-6-14(16)17-9-11)18-8-10-3-5-12-13(7-10)20-21-19-12/h3-7,9,18H,8H2,1-2H3. The molecule has 0 amide bonds. The Morgan fingerprint density at radius 2 is 1.95 bits per heavy atom. The number of nitrogens with one attached hydrogen (secondary N) is 1. The number of nitrogens with zero attached hydrogens (tertiary/aromatic N) is 3. The fourth-order valence-electron chi connectivity index (χ4n) is 2.11. The predicted molar refractivity (Wildman–Crippen MR) is 89.2 cm³/mol. The van der Waals surface area contributed by atoms with E-state index < -0.39 is 0 Å². The van der Waals surface area contributed by atoms with Crippen LogP contribution in [0.1, 0.15) is 25.0 Å². The molecule has 4 nitrogen and oxygen atoms in total. The van der Waals surface area contributed by atoms with Crippen LogP contribution in [0.5, 0.6) is 0 Å². The minimum atomic E-state index is -0.150. The van der Waals surface area contributed by atoms with Crippen molar-refractivity contribution in [1.82, 2.24) is 19.0 Å². The summed E-state index contributed by atoms with van der Waals surface area (Å²) in [6.07, 6.45) is 1.89. The first-order valence-corrected chi connectivity index (χ1v) is 8.15. The van der Waals surface area contributed by atoms with Gasteiger partial charge in [-0.2, -0.15) is 8.75 Å². The minimum Gasteiger partial charge on any atom is -0.304 e. The summed E-state index contributed by atoms with van der Waals surface area (Å²) in [7, 11) is 0. The van der Waals surface area contributed by atoms with Crippen molar-refractivity contribution in [2.75, 3.05) is 0 Å². The van der Waals surface area contributed by atoms with Gasteiger partial charge >= 0.3 is 0 Å². The number of benzene rings is 1. The van der Waals surface area contributed by atoms with Gasteiger partial charge in [-0.25, -0.2) is 4.98 Å². The molecule has 0 unspecified atom stereocenters. The van der Waals surface area contributed by atoms with Gasteiger partial charge in [0, 0.05) is 18.3 Å². The number of halogens is 1. The van der Waals surface area contributed by atoms with Gasteiger partial charge in [0.2, 0.25) is 0 Å². The van der Waals surface area contributed by atoms with E-state index in [4.69, 9.17) is 0 Å². The Hall–Kier alpha value is -1.37. The number of hydrogen-bond donors (Lipinski definition) is 1. The highest BCUT2D eigenvalue weighted by Gasteiger charge is 2.20. The summed E-state index contributed by atoms with van der Waals surface area (Å²) in [6, 6.07) is 10.2. The number of aromatic nitrogens is 3. The lowest BCUT2D eigenvalue weighted by atomic mass is 9.95. The lowest BCUT2D eigenvalue weighted by Crippen LogP contribution is -2.36. The lowest BCUT2D eigenvalue weighted by molar-refractivity contribution is 0.400. The van der Waals surface area contributed by atoms with Crippen molar-refractivity contribution < 1.29 is 0 Å². The molecule has 21 heavy (non-hydrogen) atoms. The van der Waals surface area contributed by atoms with Crippen LogP contribution in [0.15, 0.2) is 41.1 Å². The van der Waals surface area contributed by atoms with Crippen molar-refractivity contribution >= 4 is 38.7 Å². The first kappa shape index (κ1) is 14.6. The van der Waals surface area contributed by atoms with E-state index in [1.165, 1.54) is 17.3 Å². The summed E-state index contributed by atoms with van der Waals surface area (Å²) < 4.78 is 9.35. The lowest BCUT2D eigenvalue weighted by Gasteiger charge is -2.26. The molecule has 108 valence electrons. The molecule has 0 spiro atoms. The van der Waals surface area contributed by atoms with Crippen LogP contribution < -0.4 is 5.32 Å². The molecular formula is C15H15BrN4S. The highest BCUT2D eigenvalue weighted by atomic mass is 79.9. The van der Waals surface area contributed by atoms with Gasteiger partial charge in [-0.15, -0.1) is 0 Å². The van der Waals surface area contributed by atoms with Gasteiger partial charge in [0.15, 0.2) is 0 Å². The van der Waals surface area contributed by atoms with Crippen molar-refractivity contribution in [1.29, 1.82) is 0 Å². The zero-order valence-corrected chi connectivity index (χ0v) is 14.2. The second kappa shape index (κ2) is 5.79. The summed E-state index contributed by atoms with van der Waals surface area (Å²) in [4.78, 5) is 4.29. The molecule has 0 saturated heterocycles. The SMILES string of the molecule is CC(C)(NCc1ccc2nsnc2c1)c1ccc(Br)nc1. The van der Waals surface area contributed by atoms with Crippen molar-refractivity contribution in [3.05, 3.63) is 52.3 Å². The van der Waals surface area contributed by atoms with Crippen LogP contribution in [0.3, 0.4) is 0 Å². The molecule has 1 aromatic carbocycles. The summed E-state index contributed by atoms with van der Waals surface area (Å²) in [5, 5.41) is 3.57. The van der Waals surface area contributed by atoms with E-state index in [1.54, 1.807) is 0 Å². The first-order chi connectivity index (χ1) is 10.0. The molecule has 0 bridgehead atoms. The summed E-state index contributed by atoms with van der Waals surface area (Å²) in [5.41, 5.74) is 4.13. The van der Waals surface area contributed by atoms with Crippen molar-refractivity contribution in [2.24, 2.45) is 0 Å². The highest BCUT2D eigenvalue weighted by Crippen LogP contribution is 2.21. The molecule has 0 atom stereocenters. The Morgan fingerprint density at radius 3 is 2.71 bits per heavy atom. The summed E-state index contributed by atoms with van der Waals surface area (Å²) in [5.74, 6) is 0. The van der Waals surface area contributed by atoms with Gasteiger partial charge in [0.1, 0.15) is 15.6 Å². The van der Waals surface area contributed by atoms with Gasteiger partial charge in [-0.3, -0.25) is 0 Å². The minimum absolute atomic E-state index is 0.150. The van der Waals surface area contributed by atoms with Gasteiger partial charge in [-0.1, -0.05) is 12.1 Å². The summed E-state index contributed by atoms with van der Waals surface area (Å²) >= 11 is 4.61. The van der Waals surface area contributed by atoms with E-state index in [-0.39, 0.29) is 5.54 Å². The Balaban J connectivity index is 1.74. The number of hydrogen-bond acceptors (Lipinski definition) is 5. The van der Waals surface area contributed by atoms with E-state index in [1.807, 2.05) is 18.3 Å². The maximum atomic E-state index is 4.29. The van der Waals surface area contributed by atoms with Crippen molar-refractivity contribution in [3.63, 3.8) is 0 Å². The molecule has 3 aromatic rings. The highest BCUT2D eigenvalue weighted by molar-refractivity contribution is 9.10. The molecule has 0 fully saturated rings. The molecule has 0 aliphatic rings. The van der Waals surface area contributed by atoms with Gasteiger partial charge in [0.05, 0.1) is 11.7 Å². The largest absolute Gasteiger partial charge is 0.304 e. The Morgan fingerprint density at radius 1 is 1.14 bits per heavy atom. The average Bonchev–Trinajstić information content (AvgIpc) is 2.93.